The third-order valence-electron chi connectivity index (χ3n) is 12.6. The summed E-state index contributed by atoms with van der Waals surface area (Å²) in [4.78, 5) is 25.2. The molecule has 2 aliphatic heterocycles. The number of hydrogen-bond acceptors (Lipinski definition) is 15. The first-order chi connectivity index (χ1) is 31.2. The highest BCUT2D eigenvalue weighted by atomic mass is 16.7. The van der Waals surface area contributed by atoms with Crippen LogP contribution in [0, 0.1) is 23.7 Å². The fourth-order valence-electron chi connectivity index (χ4n) is 8.13. The molecule has 0 aromatic carbocycles. The van der Waals surface area contributed by atoms with E-state index in [1.165, 1.54) is 7.11 Å². The molecule has 0 aromatic heterocycles. The van der Waals surface area contributed by atoms with E-state index in [9.17, 15) is 55.5 Å². The summed E-state index contributed by atoms with van der Waals surface area (Å²) in [6.45, 7) is 15.1. The molecule has 66 heavy (non-hydrogen) atoms. The third kappa shape index (κ3) is 20.5. The molecule has 16 nitrogen and oxygen atoms in total. The van der Waals surface area contributed by atoms with Gasteiger partial charge in [0.1, 0.15) is 18.1 Å². The second-order valence-electron chi connectivity index (χ2n) is 17.9. The molecule has 0 aliphatic carbocycles. The van der Waals surface area contributed by atoms with E-state index in [1.54, 1.807) is 50.3 Å². The van der Waals surface area contributed by atoms with E-state index < -0.39 is 103 Å². The van der Waals surface area contributed by atoms with Crippen LogP contribution in [0.1, 0.15) is 99.3 Å². The van der Waals surface area contributed by atoms with Crippen molar-refractivity contribution in [3.8, 4) is 0 Å². The number of carbonyl (C=O) groups excluding carboxylic acids is 1. The highest BCUT2D eigenvalue weighted by Gasteiger charge is 2.51. The van der Waals surface area contributed by atoms with Crippen LogP contribution in [-0.2, 0) is 33.3 Å². The van der Waals surface area contributed by atoms with E-state index in [1.807, 2.05) is 50.3 Å². The first-order valence-corrected chi connectivity index (χ1v) is 23.2. The summed E-state index contributed by atoms with van der Waals surface area (Å²) in [7, 11) is 1.27. The number of hydrogen-bond donors (Lipinski definition) is 9. The summed E-state index contributed by atoms with van der Waals surface area (Å²) < 4.78 is 29.4. The minimum Gasteiger partial charge on any atom is -0.481 e. The third-order valence-corrected chi connectivity index (χ3v) is 12.6. The van der Waals surface area contributed by atoms with E-state index in [-0.39, 0.29) is 75.5 Å². The Morgan fingerprint density at radius 2 is 1.42 bits per heavy atom. The van der Waals surface area contributed by atoms with Gasteiger partial charge in [0.15, 0.2) is 12.1 Å². The maximum atomic E-state index is 12.7. The number of aliphatic hydroxyl groups is 8. The number of rotatable bonds is 29. The van der Waals surface area contributed by atoms with Crippen LogP contribution in [0.5, 0.6) is 0 Å². The van der Waals surface area contributed by atoms with Crippen molar-refractivity contribution >= 4 is 11.9 Å². The molecule has 376 valence electrons. The van der Waals surface area contributed by atoms with Gasteiger partial charge in [-0.15, -0.1) is 0 Å². The summed E-state index contributed by atoms with van der Waals surface area (Å²) in [6.07, 6.45) is 6.94. The van der Waals surface area contributed by atoms with Crippen molar-refractivity contribution in [2.45, 2.75) is 185 Å². The first-order valence-electron chi connectivity index (χ1n) is 23.2. The SMILES string of the molecule is C=C/C=C/C=C/C=C/[C@H](C)C(C)[C@@H](C)[C@H](C)OC(=O)CC(O)CC(O)CCC(O)C(O)CC(O)CC1(OC)C[C@H](O)C(C(=O)O)[C@H](CC(/C=C/C=C/C=C/C)OC2O[C@H](C)C(O)C[C@@H]2O)O1. The number of ether oxygens (including phenoxy) is 5. The van der Waals surface area contributed by atoms with Gasteiger partial charge in [-0.25, -0.2) is 0 Å². The van der Waals surface area contributed by atoms with Crippen LogP contribution in [0.4, 0.5) is 0 Å². The van der Waals surface area contributed by atoms with Crippen LogP contribution in [-0.4, -0.2) is 150 Å². The fourth-order valence-corrected chi connectivity index (χ4v) is 8.13. The van der Waals surface area contributed by atoms with Gasteiger partial charge in [0.05, 0.1) is 67.5 Å². The highest BCUT2D eigenvalue weighted by molar-refractivity contribution is 5.71. The molecule has 16 heteroatoms. The molecule has 11 unspecified atom stereocenters. The van der Waals surface area contributed by atoms with Gasteiger partial charge in [-0.1, -0.05) is 106 Å². The Labute approximate surface area is 391 Å². The van der Waals surface area contributed by atoms with Crippen LogP contribution in [0.25, 0.3) is 0 Å². The lowest BCUT2D eigenvalue weighted by Crippen LogP contribution is -2.57. The van der Waals surface area contributed by atoms with Crippen molar-refractivity contribution < 1.29 is 79.2 Å². The topological polar surface area (TPSA) is 262 Å². The number of esters is 1. The van der Waals surface area contributed by atoms with Crippen LogP contribution < -0.4 is 0 Å². The fraction of sp³-hybridized carbons (Fsp3) is 0.680. The lowest BCUT2D eigenvalue weighted by molar-refractivity contribution is -0.316. The Morgan fingerprint density at radius 3 is 2.06 bits per heavy atom. The van der Waals surface area contributed by atoms with Crippen LogP contribution >= 0.6 is 0 Å². The Balaban J connectivity index is 1.98. The maximum absolute atomic E-state index is 12.7. The Morgan fingerprint density at radius 1 is 0.788 bits per heavy atom. The summed E-state index contributed by atoms with van der Waals surface area (Å²) in [5.74, 6) is -4.76. The average Bonchev–Trinajstić information content (AvgIpc) is 3.24. The Hall–Kier alpha value is -3.36. The molecule has 0 saturated carbocycles. The number of aliphatic hydroxyl groups excluding tert-OH is 8. The number of carboxylic acids is 1. The van der Waals surface area contributed by atoms with Crippen molar-refractivity contribution in [2.24, 2.45) is 23.7 Å². The lowest BCUT2D eigenvalue weighted by Gasteiger charge is -2.46. The van der Waals surface area contributed by atoms with Crippen molar-refractivity contribution in [1.82, 2.24) is 0 Å². The molecule has 2 saturated heterocycles. The van der Waals surface area contributed by atoms with Crippen molar-refractivity contribution in [3.05, 3.63) is 85.6 Å². The highest BCUT2D eigenvalue weighted by Crippen LogP contribution is 2.40. The first kappa shape index (κ1) is 58.8. The summed E-state index contributed by atoms with van der Waals surface area (Å²) in [5.41, 5.74) is 0. The predicted octanol–water partition coefficient (Wildman–Crippen LogP) is 4.34. The minimum atomic E-state index is -1.74. The maximum Gasteiger partial charge on any atom is 0.311 e. The number of allylic oxidation sites excluding steroid dienone is 12. The lowest BCUT2D eigenvalue weighted by atomic mass is 9.82. The van der Waals surface area contributed by atoms with Gasteiger partial charge in [0, 0.05) is 39.2 Å². The Bertz CT molecular complexity index is 1610. The van der Waals surface area contributed by atoms with Crippen molar-refractivity contribution in [2.75, 3.05) is 7.11 Å². The molecule has 18 atom stereocenters. The van der Waals surface area contributed by atoms with Gasteiger partial charge in [0.2, 0.25) is 0 Å². The normalized spacial score (nSPS) is 30.1. The molecule has 0 amide bonds. The number of carboxylic acid groups (broad SMARTS) is 1. The van der Waals surface area contributed by atoms with Crippen LogP contribution in [0.2, 0.25) is 0 Å². The average molecular weight is 937 g/mol. The standard InChI is InChI=1S/C50H80O16/c1-9-11-13-15-17-18-20-31(3)32(4)33(5)34(6)63-46(59)26-37(52)24-36(51)22-23-40(54)42(56)25-38(53)29-50(62-8)30-44(58)47(48(60)61)45(66-50)27-39(21-19-16-14-12-10-2)65-49-43(57)28-41(55)35(7)64-49/h9-21,31-45,47,49,51-58H,1,22-30H2,2-8H3,(H,60,61)/b12-10+,13-11+,16-14+,17-15+,20-18+,21-19+/t31-,32?,33+,34-,35+,36?,37?,38?,39?,40?,41?,42?,43-,44-,45-,47?,49?,50?/m0/s1. The second kappa shape index (κ2) is 30.2. The number of aliphatic carboxylic acids is 1. The molecule has 2 rings (SSSR count). The van der Waals surface area contributed by atoms with E-state index in [2.05, 4.69) is 26.5 Å². The largest absolute Gasteiger partial charge is 0.481 e. The molecule has 2 heterocycles. The van der Waals surface area contributed by atoms with Crippen LogP contribution in [0.15, 0.2) is 85.6 Å². The molecule has 2 aliphatic rings. The molecule has 0 spiro atoms. The monoisotopic (exact) mass is 937 g/mol. The predicted molar refractivity (Wildman–Crippen MR) is 248 cm³/mol. The molecular weight excluding hydrogens is 857 g/mol. The van der Waals surface area contributed by atoms with Gasteiger partial charge in [-0.2, -0.15) is 0 Å². The number of methoxy groups -OCH3 is 1. The van der Waals surface area contributed by atoms with Gasteiger partial charge in [-0.3, -0.25) is 9.59 Å². The zero-order chi connectivity index (χ0) is 49.6. The van der Waals surface area contributed by atoms with E-state index in [0.717, 1.165) is 0 Å². The van der Waals surface area contributed by atoms with E-state index in [0.29, 0.717) is 0 Å². The van der Waals surface area contributed by atoms with Gasteiger partial charge in [0.25, 0.3) is 0 Å². The van der Waals surface area contributed by atoms with E-state index >= 15 is 0 Å². The molecule has 0 aromatic rings. The van der Waals surface area contributed by atoms with Gasteiger partial charge in [-0.05, 0) is 57.8 Å². The van der Waals surface area contributed by atoms with Gasteiger partial charge < -0.3 is 69.6 Å². The molecular formula is C50H80O16. The summed E-state index contributed by atoms with van der Waals surface area (Å²) in [5, 5.41) is 96.1. The van der Waals surface area contributed by atoms with Crippen LogP contribution in [0.3, 0.4) is 0 Å². The summed E-state index contributed by atoms with van der Waals surface area (Å²) >= 11 is 0. The number of carbonyl (C=O) groups is 2. The molecule has 0 bridgehead atoms. The summed E-state index contributed by atoms with van der Waals surface area (Å²) in [6, 6.07) is 0. The smallest absolute Gasteiger partial charge is 0.311 e. The van der Waals surface area contributed by atoms with Crippen molar-refractivity contribution in [3.63, 3.8) is 0 Å². The molecule has 0 radical (unpaired) electrons. The zero-order valence-corrected chi connectivity index (χ0v) is 39.8. The van der Waals surface area contributed by atoms with Crippen molar-refractivity contribution in [1.29, 1.82) is 0 Å². The molecule has 2 fully saturated rings. The Kier molecular flexibility index (Phi) is 26.9. The second-order valence-corrected chi connectivity index (χ2v) is 17.9. The zero-order valence-electron chi connectivity index (χ0n) is 39.8. The molecule has 9 N–H and O–H groups in total. The van der Waals surface area contributed by atoms with E-state index in [4.69, 9.17) is 23.7 Å². The van der Waals surface area contributed by atoms with Gasteiger partial charge >= 0.3 is 11.9 Å². The minimum absolute atomic E-state index is 0.0113. The quantitative estimate of drug-likeness (QED) is 0.0373.